The number of ether oxygens (including phenoxy) is 1. The Bertz CT molecular complexity index is 1170. The first-order chi connectivity index (χ1) is 15.9. The van der Waals surface area contributed by atoms with Crippen molar-refractivity contribution < 1.29 is 28.6 Å². The Balaban J connectivity index is 1.43. The lowest BCUT2D eigenvalue weighted by Gasteiger charge is -2.18. The summed E-state index contributed by atoms with van der Waals surface area (Å²) in [6, 6.07) is 16.8. The molecule has 0 aliphatic heterocycles. The summed E-state index contributed by atoms with van der Waals surface area (Å²) in [6.07, 6.45) is -0.461. The lowest BCUT2D eigenvalue weighted by Crippen LogP contribution is -2.45. The number of pyridine rings is 1. The number of carboxylic acid groups (broad SMARTS) is 1. The number of rotatable bonds is 7. The molecule has 33 heavy (non-hydrogen) atoms. The minimum atomic E-state index is -1.47. The Morgan fingerprint density at radius 2 is 1.64 bits per heavy atom. The molecule has 9 heteroatoms. The average Bonchev–Trinajstić information content (AvgIpc) is 3.12. The van der Waals surface area contributed by atoms with Crippen molar-refractivity contribution in [2.24, 2.45) is 0 Å². The molecule has 0 saturated carbocycles. The van der Waals surface area contributed by atoms with Gasteiger partial charge in [-0.05, 0) is 34.4 Å². The van der Waals surface area contributed by atoms with Crippen LogP contribution in [0.25, 0.3) is 11.1 Å². The number of carbonyl (C=O) groups is 3. The van der Waals surface area contributed by atoms with Gasteiger partial charge in [0.25, 0.3) is 0 Å². The number of carboxylic acids is 1. The van der Waals surface area contributed by atoms with Crippen molar-refractivity contribution in [3.8, 4) is 11.1 Å². The molecule has 1 aliphatic rings. The second-order valence-corrected chi connectivity index (χ2v) is 7.45. The minimum Gasteiger partial charge on any atom is -0.481 e. The summed E-state index contributed by atoms with van der Waals surface area (Å²) >= 11 is 0. The fourth-order valence-corrected chi connectivity index (χ4v) is 3.87. The second kappa shape index (κ2) is 9.47. The van der Waals surface area contributed by atoms with Crippen molar-refractivity contribution in [3.63, 3.8) is 0 Å². The summed E-state index contributed by atoms with van der Waals surface area (Å²) in [5, 5.41) is 13.6. The maximum Gasteiger partial charge on any atom is 0.407 e. The molecular weight excluding hydrogens is 429 g/mol. The van der Waals surface area contributed by atoms with E-state index in [2.05, 4.69) is 15.6 Å². The maximum atomic E-state index is 13.7. The highest BCUT2D eigenvalue weighted by Gasteiger charge is 2.30. The molecule has 1 aromatic heterocycles. The van der Waals surface area contributed by atoms with E-state index in [1.54, 1.807) is 0 Å². The fourth-order valence-electron chi connectivity index (χ4n) is 3.87. The van der Waals surface area contributed by atoms with Gasteiger partial charge in [-0.2, -0.15) is 4.39 Å². The normalized spacial score (nSPS) is 12.9. The third-order valence-corrected chi connectivity index (χ3v) is 5.35. The van der Waals surface area contributed by atoms with Crippen LogP contribution in [-0.4, -0.2) is 40.7 Å². The van der Waals surface area contributed by atoms with Crippen molar-refractivity contribution in [2.75, 3.05) is 11.9 Å². The molecule has 0 saturated heterocycles. The lowest BCUT2D eigenvalue weighted by molar-refractivity contribution is -0.139. The van der Waals surface area contributed by atoms with Gasteiger partial charge in [0.2, 0.25) is 11.9 Å². The standard InChI is InChI=1S/C24H20FN3O5/c25-22-19(10-5-11-26-22)27-23(31)20(12-21(29)30)28-24(32)33-13-18-16-8-3-1-6-14(16)15-7-2-4-9-17(15)18/h1-11,18,20H,12-13H2,(H,27,31)(H,28,32)(H,29,30). The van der Waals surface area contributed by atoms with Gasteiger partial charge in [0.1, 0.15) is 12.6 Å². The maximum absolute atomic E-state index is 13.7. The van der Waals surface area contributed by atoms with E-state index in [4.69, 9.17) is 9.84 Å². The minimum absolute atomic E-state index is 0.00148. The van der Waals surface area contributed by atoms with Gasteiger partial charge in [-0.3, -0.25) is 9.59 Å². The predicted octanol–water partition coefficient (Wildman–Crippen LogP) is 3.54. The highest BCUT2D eigenvalue weighted by molar-refractivity contribution is 5.98. The smallest absolute Gasteiger partial charge is 0.407 e. The van der Waals surface area contributed by atoms with E-state index in [-0.39, 0.29) is 18.2 Å². The number of fused-ring (bicyclic) bond motifs is 3. The van der Waals surface area contributed by atoms with E-state index < -0.39 is 36.4 Å². The molecule has 3 aromatic rings. The highest BCUT2D eigenvalue weighted by Crippen LogP contribution is 2.44. The highest BCUT2D eigenvalue weighted by atomic mass is 19.1. The summed E-state index contributed by atoms with van der Waals surface area (Å²) in [5.74, 6) is -3.35. The number of benzene rings is 2. The van der Waals surface area contributed by atoms with Crippen LogP contribution in [-0.2, 0) is 14.3 Å². The molecule has 4 rings (SSSR count). The molecule has 0 fully saturated rings. The van der Waals surface area contributed by atoms with Gasteiger partial charge in [-0.1, -0.05) is 48.5 Å². The van der Waals surface area contributed by atoms with Gasteiger partial charge in [0, 0.05) is 12.1 Å². The van der Waals surface area contributed by atoms with E-state index in [1.165, 1.54) is 18.3 Å². The van der Waals surface area contributed by atoms with E-state index in [9.17, 15) is 18.8 Å². The molecule has 1 atom stereocenters. The Morgan fingerprint density at radius 3 is 2.24 bits per heavy atom. The quantitative estimate of drug-likeness (QED) is 0.475. The summed E-state index contributed by atoms with van der Waals surface area (Å²) < 4.78 is 19.1. The molecule has 3 N–H and O–H groups in total. The largest absolute Gasteiger partial charge is 0.481 e. The van der Waals surface area contributed by atoms with E-state index in [0.717, 1.165) is 22.3 Å². The first-order valence-electron chi connectivity index (χ1n) is 10.2. The van der Waals surface area contributed by atoms with Crippen LogP contribution in [0.15, 0.2) is 66.9 Å². The van der Waals surface area contributed by atoms with Gasteiger partial charge in [0.15, 0.2) is 0 Å². The molecule has 0 bridgehead atoms. The van der Waals surface area contributed by atoms with Crippen LogP contribution >= 0.6 is 0 Å². The third-order valence-electron chi connectivity index (χ3n) is 5.35. The SMILES string of the molecule is O=C(O)CC(NC(=O)OCC1c2ccccc2-c2ccccc21)C(=O)Nc1cccnc1F. The van der Waals surface area contributed by atoms with Crippen molar-refractivity contribution in [1.29, 1.82) is 0 Å². The Hall–Kier alpha value is -4.27. The summed E-state index contributed by atoms with van der Waals surface area (Å²) in [4.78, 5) is 39.5. The van der Waals surface area contributed by atoms with Crippen molar-refractivity contribution in [1.82, 2.24) is 10.3 Å². The summed E-state index contributed by atoms with van der Waals surface area (Å²) in [7, 11) is 0. The first-order valence-corrected chi connectivity index (χ1v) is 10.2. The summed E-state index contributed by atoms with van der Waals surface area (Å²) in [6.45, 7) is -0.00148. The topological polar surface area (TPSA) is 118 Å². The number of carbonyl (C=O) groups excluding carboxylic acids is 2. The molecule has 1 heterocycles. The zero-order valence-corrected chi connectivity index (χ0v) is 17.3. The molecular formula is C24H20FN3O5. The second-order valence-electron chi connectivity index (χ2n) is 7.45. The number of nitrogens with one attached hydrogen (secondary N) is 2. The number of aromatic nitrogens is 1. The van der Waals surface area contributed by atoms with Gasteiger partial charge < -0.3 is 20.5 Å². The van der Waals surface area contributed by atoms with Crippen LogP contribution in [0, 0.1) is 5.95 Å². The Kier molecular flexibility index (Phi) is 6.30. The third kappa shape index (κ3) is 4.82. The van der Waals surface area contributed by atoms with Gasteiger partial charge in [-0.25, -0.2) is 9.78 Å². The molecule has 1 aliphatic carbocycles. The van der Waals surface area contributed by atoms with Crippen molar-refractivity contribution in [2.45, 2.75) is 18.4 Å². The molecule has 0 radical (unpaired) electrons. The van der Waals surface area contributed by atoms with E-state index in [1.807, 2.05) is 48.5 Å². The van der Waals surface area contributed by atoms with Crippen LogP contribution in [0.1, 0.15) is 23.5 Å². The first kappa shape index (κ1) is 21.9. The van der Waals surface area contributed by atoms with Crippen LogP contribution in [0.3, 0.4) is 0 Å². The number of anilines is 1. The van der Waals surface area contributed by atoms with Crippen LogP contribution < -0.4 is 10.6 Å². The number of aliphatic carboxylic acids is 1. The molecule has 1 unspecified atom stereocenters. The van der Waals surface area contributed by atoms with Crippen LogP contribution in [0.4, 0.5) is 14.9 Å². The van der Waals surface area contributed by atoms with E-state index >= 15 is 0 Å². The number of hydrogen-bond acceptors (Lipinski definition) is 5. The van der Waals surface area contributed by atoms with Crippen molar-refractivity contribution in [3.05, 3.63) is 83.9 Å². The van der Waals surface area contributed by atoms with Crippen molar-refractivity contribution >= 4 is 23.7 Å². The lowest BCUT2D eigenvalue weighted by atomic mass is 9.98. The molecule has 2 amide bonds. The average molecular weight is 449 g/mol. The fraction of sp³-hybridized carbons (Fsp3) is 0.167. The van der Waals surface area contributed by atoms with Gasteiger partial charge in [0.05, 0.1) is 12.1 Å². The Labute approximate surface area is 188 Å². The van der Waals surface area contributed by atoms with E-state index in [0.29, 0.717) is 0 Å². The molecule has 0 spiro atoms. The number of halogens is 1. The van der Waals surface area contributed by atoms with Crippen LogP contribution in [0.5, 0.6) is 0 Å². The molecule has 8 nitrogen and oxygen atoms in total. The Morgan fingerprint density at radius 1 is 1.00 bits per heavy atom. The van der Waals surface area contributed by atoms with Gasteiger partial charge >= 0.3 is 12.1 Å². The number of nitrogens with zero attached hydrogens (tertiary/aromatic N) is 1. The number of alkyl carbamates (subject to hydrolysis) is 1. The summed E-state index contributed by atoms with van der Waals surface area (Å²) in [5.41, 5.74) is 3.91. The zero-order chi connectivity index (χ0) is 23.4. The van der Waals surface area contributed by atoms with Gasteiger partial charge in [-0.15, -0.1) is 0 Å². The predicted molar refractivity (Wildman–Crippen MR) is 117 cm³/mol. The van der Waals surface area contributed by atoms with Crippen LogP contribution in [0.2, 0.25) is 0 Å². The monoisotopic (exact) mass is 449 g/mol. The number of amides is 2. The zero-order valence-electron chi connectivity index (χ0n) is 17.3. The molecule has 168 valence electrons. The number of hydrogen-bond donors (Lipinski definition) is 3. The molecule has 2 aromatic carbocycles.